The minimum Gasteiger partial charge on any atom is -0.478 e. The van der Waals surface area contributed by atoms with Crippen LogP contribution in [0.2, 0.25) is 0 Å². The number of carboxylic acids is 1. The van der Waals surface area contributed by atoms with Crippen molar-refractivity contribution in [3.63, 3.8) is 0 Å². The molecule has 0 aliphatic heterocycles. The fraction of sp³-hybridized carbons (Fsp3) is 0.192. The monoisotopic (exact) mass is 398 g/mol. The molecule has 0 amide bonds. The van der Waals surface area contributed by atoms with E-state index in [2.05, 4.69) is 0 Å². The van der Waals surface area contributed by atoms with Crippen LogP contribution in [0.1, 0.15) is 50.6 Å². The minimum absolute atomic E-state index is 0.0243. The van der Waals surface area contributed by atoms with Gasteiger partial charge < -0.3 is 5.11 Å². The molecule has 1 fully saturated rings. The molecular formula is C26H22O4. The van der Waals surface area contributed by atoms with Gasteiger partial charge in [-0.1, -0.05) is 72.8 Å². The highest BCUT2D eigenvalue weighted by Gasteiger charge is 2.56. The lowest BCUT2D eigenvalue weighted by atomic mass is 9.50. The Labute approximate surface area is 175 Å². The lowest BCUT2D eigenvalue weighted by Gasteiger charge is -2.51. The van der Waals surface area contributed by atoms with Crippen molar-refractivity contribution in [1.82, 2.24) is 0 Å². The molecule has 1 N–H and O–H groups in total. The molecule has 1 aliphatic carbocycles. The van der Waals surface area contributed by atoms with Gasteiger partial charge in [0.15, 0.2) is 5.78 Å². The molecule has 0 spiro atoms. The highest BCUT2D eigenvalue weighted by atomic mass is 16.4. The predicted octanol–water partition coefficient (Wildman–Crippen LogP) is 4.97. The molecule has 1 aliphatic rings. The Morgan fingerprint density at radius 3 is 1.67 bits per heavy atom. The second-order valence-corrected chi connectivity index (χ2v) is 7.78. The average Bonchev–Trinajstić information content (AvgIpc) is 2.74. The molecule has 3 aromatic carbocycles. The number of hydrogen-bond donors (Lipinski definition) is 1. The first-order chi connectivity index (χ1) is 14.5. The summed E-state index contributed by atoms with van der Waals surface area (Å²) in [6.45, 7) is 1.54. The van der Waals surface area contributed by atoms with E-state index in [4.69, 9.17) is 0 Å². The van der Waals surface area contributed by atoms with Crippen molar-refractivity contribution in [1.29, 1.82) is 0 Å². The molecule has 4 nitrogen and oxygen atoms in total. The first-order valence-electron chi connectivity index (χ1n) is 9.97. The Morgan fingerprint density at radius 1 is 0.633 bits per heavy atom. The topological polar surface area (TPSA) is 71.4 Å². The van der Waals surface area contributed by atoms with Gasteiger partial charge in [-0.15, -0.1) is 0 Å². The van der Waals surface area contributed by atoms with Crippen molar-refractivity contribution in [3.05, 3.63) is 107 Å². The zero-order valence-corrected chi connectivity index (χ0v) is 16.6. The van der Waals surface area contributed by atoms with E-state index in [1.165, 1.54) is 6.92 Å². The minimum atomic E-state index is -0.991. The number of ketones is 2. The maximum Gasteiger partial charge on any atom is 0.335 e. The van der Waals surface area contributed by atoms with Crippen molar-refractivity contribution in [2.24, 2.45) is 11.8 Å². The molecule has 0 radical (unpaired) electrons. The molecular weight excluding hydrogens is 376 g/mol. The fourth-order valence-corrected chi connectivity index (χ4v) is 4.73. The van der Waals surface area contributed by atoms with E-state index in [1.807, 2.05) is 48.5 Å². The van der Waals surface area contributed by atoms with Crippen LogP contribution in [0.3, 0.4) is 0 Å². The Kier molecular flexibility index (Phi) is 5.32. The van der Waals surface area contributed by atoms with Gasteiger partial charge in [0.1, 0.15) is 5.78 Å². The molecule has 0 heterocycles. The number of carbonyl (C=O) groups excluding carboxylic acids is 2. The third kappa shape index (κ3) is 3.45. The molecule has 30 heavy (non-hydrogen) atoms. The number of carboxylic acid groups (broad SMARTS) is 1. The van der Waals surface area contributed by atoms with Crippen LogP contribution in [-0.2, 0) is 4.79 Å². The summed E-state index contributed by atoms with van der Waals surface area (Å²) in [5.41, 5.74) is 2.70. The van der Waals surface area contributed by atoms with Gasteiger partial charge in [-0.2, -0.15) is 0 Å². The normalized spacial score (nSPS) is 22.7. The molecule has 3 aromatic rings. The number of Topliss-reactive ketones (excluding diaryl/α,β-unsaturated/α-hetero) is 2. The highest BCUT2D eigenvalue weighted by Crippen LogP contribution is 2.59. The van der Waals surface area contributed by atoms with E-state index in [1.54, 1.807) is 36.4 Å². The number of aromatic carboxylic acids is 1. The van der Waals surface area contributed by atoms with Crippen LogP contribution in [-0.4, -0.2) is 22.6 Å². The van der Waals surface area contributed by atoms with Crippen LogP contribution in [0.5, 0.6) is 0 Å². The number of hydrogen-bond acceptors (Lipinski definition) is 3. The van der Waals surface area contributed by atoms with Gasteiger partial charge in [0.05, 0.1) is 5.56 Å². The summed E-state index contributed by atoms with van der Waals surface area (Å²) >= 11 is 0. The number of benzene rings is 3. The summed E-state index contributed by atoms with van der Waals surface area (Å²) < 4.78 is 0. The van der Waals surface area contributed by atoms with Crippen LogP contribution in [0.25, 0.3) is 0 Å². The molecule has 0 bridgehead atoms. The van der Waals surface area contributed by atoms with E-state index in [-0.39, 0.29) is 29.0 Å². The van der Waals surface area contributed by atoms with Crippen molar-refractivity contribution in [2.45, 2.75) is 18.8 Å². The largest absolute Gasteiger partial charge is 0.478 e. The second kappa shape index (κ2) is 8.07. The second-order valence-electron chi connectivity index (χ2n) is 7.78. The van der Waals surface area contributed by atoms with E-state index < -0.39 is 17.8 Å². The molecule has 4 rings (SSSR count). The van der Waals surface area contributed by atoms with E-state index in [0.29, 0.717) is 5.56 Å². The van der Waals surface area contributed by atoms with Crippen molar-refractivity contribution < 1.29 is 19.5 Å². The summed E-state index contributed by atoms with van der Waals surface area (Å²) in [5.74, 6) is -2.26. The quantitative estimate of drug-likeness (QED) is 0.595. The van der Waals surface area contributed by atoms with E-state index >= 15 is 0 Å². The maximum atomic E-state index is 13.4. The first-order valence-corrected chi connectivity index (χ1v) is 9.97. The van der Waals surface area contributed by atoms with Gasteiger partial charge >= 0.3 is 5.97 Å². The van der Waals surface area contributed by atoms with Crippen LogP contribution in [0.4, 0.5) is 0 Å². The van der Waals surface area contributed by atoms with Crippen LogP contribution in [0, 0.1) is 11.8 Å². The summed E-state index contributed by atoms with van der Waals surface area (Å²) in [7, 11) is 0. The molecule has 4 heteroatoms. The SMILES string of the molecule is CC(=O)C1C(C(=O)c2ccccc2)[C@@H](c2ccccc2)[C@@H]1c1ccc(C(=O)O)cc1. The van der Waals surface area contributed by atoms with Crippen molar-refractivity contribution >= 4 is 17.5 Å². The molecule has 4 atom stereocenters. The standard InChI is InChI=1S/C26H22O4/c1-16(27)21-22(18-12-14-20(15-13-18)26(29)30)23(17-8-4-2-5-9-17)24(21)25(28)19-10-6-3-7-11-19/h2-15,21-24H,1H3,(H,29,30)/t21?,22-,23+,24?/m1/s1. The average molecular weight is 398 g/mol. The summed E-state index contributed by atoms with van der Waals surface area (Å²) in [6, 6.07) is 25.5. The Hall–Kier alpha value is -3.53. The third-order valence-corrected chi connectivity index (χ3v) is 6.11. The lowest BCUT2D eigenvalue weighted by molar-refractivity contribution is -0.127. The predicted molar refractivity (Wildman–Crippen MR) is 114 cm³/mol. The van der Waals surface area contributed by atoms with Gasteiger partial charge in [0.25, 0.3) is 0 Å². The zero-order chi connectivity index (χ0) is 21.3. The Bertz CT molecular complexity index is 1070. The third-order valence-electron chi connectivity index (χ3n) is 6.11. The lowest BCUT2D eigenvalue weighted by Crippen LogP contribution is -2.50. The molecule has 0 saturated heterocycles. The molecule has 2 unspecified atom stereocenters. The van der Waals surface area contributed by atoms with Gasteiger partial charge in [-0.25, -0.2) is 4.79 Å². The highest BCUT2D eigenvalue weighted by molar-refractivity contribution is 6.03. The molecule has 0 aromatic heterocycles. The van der Waals surface area contributed by atoms with E-state index in [0.717, 1.165) is 11.1 Å². The van der Waals surface area contributed by atoms with Crippen LogP contribution < -0.4 is 0 Å². The summed E-state index contributed by atoms with van der Waals surface area (Å²) in [5, 5.41) is 9.20. The maximum absolute atomic E-state index is 13.4. The summed E-state index contributed by atoms with van der Waals surface area (Å²) in [4.78, 5) is 37.3. The smallest absolute Gasteiger partial charge is 0.335 e. The van der Waals surface area contributed by atoms with Crippen LogP contribution in [0.15, 0.2) is 84.9 Å². The fourth-order valence-electron chi connectivity index (χ4n) is 4.73. The Morgan fingerprint density at radius 2 is 1.13 bits per heavy atom. The molecule has 1 saturated carbocycles. The summed E-state index contributed by atoms with van der Waals surface area (Å²) in [6.07, 6.45) is 0. The van der Waals surface area contributed by atoms with Gasteiger partial charge in [-0.05, 0) is 30.2 Å². The Balaban J connectivity index is 1.79. The van der Waals surface area contributed by atoms with Crippen molar-refractivity contribution in [2.75, 3.05) is 0 Å². The number of carbonyl (C=O) groups is 3. The molecule has 150 valence electrons. The first kappa shape index (κ1) is 19.8. The van der Waals surface area contributed by atoms with E-state index in [9.17, 15) is 19.5 Å². The van der Waals surface area contributed by atoms with Gasteiger partial charge in [-0.3, -0.25) is 9.59 Å². The zero-order valence-electron chi connectivity index (χ0n) is 16.6. The van der Waals surface area contributed by atoms with Gasteiger partial charge in [0, 0.05) is 29.2 Å². The van der Waals surface area contributed by atoms with Crippen molar-refractivity contribution in [3.8, 4) is 0 Å². The number of rotatable bonds is 6. The van der Waals surface area contributed by atoms with Crippen LogP contribution >= 0.6 is 0 Å². The van der Waals surface area contributed by atoms with Gasteiger partial charge in [0.2, 0.25) is 0 Å².